The summed E-state index contributed by atoms with van der Waals surface area (Å²) in [5.41, 5.74) is 2.07. The van der Waals surface area contributed by atoms with Crippen LogP contribution in [0.15, 0.2) is 48.5 Å². The predicted molar refractivity (Wildman–Crippen MR) is 148 cm³/mol. The van der Waals surface area contributed by atoms with Gasteiger partial charge in [0.25, 0.3) is 5.91 Å². The maximum Gasteiger partial charge on any atom is 0.251 e. The molecule has 0 saturated carbocycles. The fourth-order valence-corrected chi connectivity index (χ4v) is 4.97. The van der Waals surface area contributed by atoms with E-state index in [0.717, 1.165) is 28.9 Å². The van der Waals surface area contributed by atoms with Gasteiger partial charge >= 0.3 is 0 Å². The van der Waals surface area contributed by atoms with E-state index in [2.05, 4.69) is 0 Å². The molecule has 0 N–H and O–H groups in total. The van der Waals surface area contributed by atoms with Crippen LogP contribution in [-0.2, 0) is 24.0 Å². The summed E-state index contributed by atoms with van der Waals surface area (Å²) in [4.78, 5) is 55.3. The third-order valence-electron chi connectivity index (χ3n) is 7.60. The largest absolute Gasteiger partial charge is 0.497 e. The summed E-state index contributed by atoms with van der Waals surface area (Å²) < 4.78 is 10.2. The van der Waals surface area contributed by atoms with Crippen molar-refractivity contribution < 1.29 is 33.5 Å². The first-order valence-corrected chi connectivity index (χ1v) is 13.3. The van der Waals surface area contributed by atoms with Crippen LogP contribution >= 0.6 is 0 Å². The van der Waals surface area contributed by atoms with E-state index in [4.69, 9.17) is 14.3 Å². The number of hydrogen-bond acceptors (Lipinski definition) is 7. The molecule has 0 aliphatic carbocycles. The molecule has 4 rings (SSSR count). The van der Waals surface area contributed by atoms with Gasteiger partial charge in [-0.1, -0.05) is 24.3 Å². The summed E-state index contributed by atoms with van der Waals surface area (Å²) in [5.74, 6) is 0.946. The molecule has 4 atom stereocenters. The number of benzene rings is 2. The molecule has 2 aromatic carbocycles. The zero-order valence-electron chi connectivity index (χ0n) is 24.0. The molecule has 2 aromatic rings. The van der Waals surface area contributed by atoms with Crippen molar-refractivity contribution in [1.82, 2.24) is 14.9 Å². The molecule has 0 unspecified atom stereocenters. The number of ether oxygens (including phenoxy) is 2. The molecule has 0 bridgehead atoms. The summed E-state index contributed by atoms with van der Waals surface area (Å²) in [5, 5.41) is 1.18. The molecule has 2 heterocycles. The zero-order valence-corrected chi connectivity index (χ0v) is 24.0. The Bertz CT molecular complexity index is 1170. The van der Waals surface area contributed by atoms with Crippen molar-refractivity contribution >= 4 is 24.0 Å². The van der Waals surface area contributed by atoms with E-state index in [-0.39, 0.29) is 48.1 Å². The van der Waals surface area contributed by atoms with Crippen LogP contribution in [0, 0.1) is 11.8 Å². The quantitative estimate of drug-likeness (QED) is 0.346. The molecule has 216 valence electrons. The number of aldehydes is 1. The van der Waals surface area contributed by atoms with Gasteiger partial charge in [-0.25, -0.2) is 5.06 Å². The van der Waals surface area contributed by atoms with E-state index in [9.17, 15) is 19.2 Å². The lowest BCUT2D eigenvalue weighted by Crippen LogP contribution is -2.34. The van der Waals surface area contributed by atoms with E-state index in [1.54, 1.807) is 31.1 Å². The fraction of sp³-hybridized carbons (Fsp3) is 0.467. The van der Waals surface area contributed by atoms with Crippen molar-refractivity contribution in [3.05, 3.63) is 59.7 Å². The number of carbonyl (C=O) groups excluding carboxylic acids is 4. The van der Waals surface area contributed by atoms with Crippen molar-refractivity contribution in [1.29, 1.82) is 0 Å². The second-order valence-electron chi connectivity index (χ2n) is 10.0. The van der Waals surface area contributed by atoms with Gasteiger partial charge in [-0.05, 0) is 49.2 Å². The van der Waals surface area contributed by atoms with Gasteiger partial charge in [-0.3, -0.25) is 19.2 Å². The van der Waals surface area contributed by atoms with Crippen molar-refractivity contribution in [2.45, 2.75) is 38.8 Å². The normalized spacial score (nSPS) is 19.9. The fourth-order valence-electron chi connectivity index (χ4n) is 4.97. The Morgan fingerprint density at radius 1 is 0.825 bits per heavy atom. The lowest BCUT2D eigenvalue weighted by molar-refractivity contribution is -0.173. The Balaban J connectivity index is 0.000000225. The highest BCUT2D eigenvalue weighted by Crippen LogP contribution is 2.31. The number of amides is 3. The Morgan fingerprint density at radius 3 is 1.68 bits per heavy atom. The lowest BCUT2D eigenvalue weighted by Gasteiger charge is -2.25. The molecule has 0 spiro atoms. The Morgan fingerprint density at radius 2 is 1.27 bits per heavy atom. The van der Waals surface area contributed by atoms with Gasteiger partial charge in [-0.15, -0.1) is 0 Å². The first-order valence-electron chi connectivity index (χ1n) is 13.3. The van der Waals surface area contributed by atoms with E-state index in [0.29, 0.717) is 19.5 Å². The summed E-state index contributed by atoms with van der Waals surface area (Å²) in [7, 11) is 6.23. The second-order valence-corrected chi connectivity index (χ2v) is 10.0. The standard InChI is InChI=1S/C16H22N2O4.C14H17NO3/c1-11(12-5-7-14(21-3)8-6-12)18-10-13(9-15(18)19)16(20)17(2)22-4;1-10(12-3-5-13(18-2)6-4-12)15-8-11(9-16)7-14(15)17/h5-8,11,13H,9-10H2,1-4H3;3-6,9-11H,7-8H2,1-2H3/t11-,13-;10-,11-/m11/s1. The Hall–Kier alpha value is -3.92. The number of carbonyl (C=O) groups is 4. The van der Waals surface area contributed by atoms with Crippen LogP contribution in [0.3, 0.4) is 0 Å². The van der Waals surface area contributed by atoms with Gasteiger partial charge in [0.15, 0.2) is 0 Å². The minimum atomic E-state index is -0.349. The van der Waals surface area contributed by atoms with Crippen molar-refractivity contribution in [3.8, 4) is 11.5 Å². The summed E-state index contributed by atoms with van der Waals surface area (Å²) in [6.45, 7) is 4.88. The molecule has 2 aliphatic rings. The molecule has 10 heteroatoms. The molecular weight excluding hydrogens is 514 g/mol. The van der Waals surface area contributed by atoms with E-state index in [1.165, 1.54) is 12.2 Å². The van der Waals surface area contributed by atoms with Crippen LogP contribution in [0.2, 0.25) is 0 Å². The molecule has 3 amide bonds. The first kappa shape index (κ1) is 30.6. The molecule has 0 radical (unpaired) electrons. The van der Waals surface area contributed by atoms with Crippen molar-refractivity contribution in [3.63, 3.8) is 0 Å². The molecule has 2 fully saturated rings. The SMILES string of the molecule is COc1ccc([C@@H](C)N2C[C@H](C(=O)N(C)OC)CC2=O)cc1.COc1ccc([C@@H](C)N2C[C@H](C=O)CC2=O)cc1. The van der Waals surface area contributed by atoms with Crippen LogP contribution in [0.25, 0.3) is 0 Å². The first-order chi connectivity index (χ1) is 19.1. The topological polar surface area (TPSA) is 106 Å². The summed E-state index contributed by atoms with van der Waals surface area (Å²) >= 11 is 0. The van der Waals surface area contributed by atoms with Crippen LogP contribution < -0.4 is 9.47 Å². The average Bonchev–Trinajstić information content (AvgIpc) is 3.57. The minimum Gasteiger partial charge on any atom is -0.497 e. The van der Waals surface area contributed by atoms with Crippen LogP contribution in [-0.4, -0.2) is 80.3 Å². The number of likely N-dealkylation sites (tertiary alicyclic amines) is 2. The summed E-state index contributed by atoms with van der Waals surface area (Å²) in [6, 6.07) is 15.2. The van der Waals surface area contributed by atoms with Gasteiger partial charge in [0.05, 0.1) is 39.3 Å². The predicted octanol–water partition coefficient (Wildman–Crippen LogP) is 3.43. The van der Waals surface area contributed by atoms with E-state index >= 15 is 0 Å². The molecule has 40 heavy (non-hydrogen) atoms. The highest BCUT2D eigenvalue weighted by atomic mass is 16.7. The number of methoxy groups -OCH3 is 2. The van der Waals surface area contributed by atoms with E-state index in [1.807, 2.05) is 62.4 Å². The smallest absolute Gasteiger partial charge is 0.251 e. The maximum absolute atomic E-state index is 12.2. The van der Waals surface area contributed by atoms with Gasteiger partial charge in [0.2, 0.25) is 11.8 Å². The summed E-state index contributed by atoms with van der Waals surface area (Å²) in [6.07, 6.45) is 1.44. The molecule has 0 aromatic heterocycles. The lowest BCUT2D eigenvalue weighted by atomic mass is 10.1. The Kier molecular flexibility index (Phi) is 10.7. The van der Waals surface area contributed by atoms with Gasteiger partial charge in [0.1, 0.15) is 17.8 Å². The minimum absolute atomic E-state index is 0.00615. The maximum atomic E-state index is 12.2. The molecular formula is C30H39N3O7. The number of nitrogens with zero attached hydrogens (tertiary/aromatic N) is 3. The van der Waals surface area contributed by atoms with Crippen molar-refractivity contribution in [2.24, 2.45) is 11.8 Å². The van der Waals surface area contributed by atoms with Gasteiger partial charge < -0.3 is 24.1 Å². The van der Waals surface area contributed by atoms with Crippen LogP contribution in [0.5, 0.6) is 11.5 Å². The monoisotopic (exact) mass is 553 g/mol. The third-order valence-corrected chi connectivity index (χ3v) is 7.60. The highest BCUT2D eigenvalue weighted by Gasteiger charge is 2.38. The highest BCUT2D eigenvalue weighted by molar-refractivity contribution is 5.89. The Labute approximate surface area is 235 Å². The molecule has 10 nitrogen and oxygen atoms in total. The van der Waals surface area contributed by atoms with E-state index < -0.39 is 0 Å². The number of rotatable bonds is 9. The van der Waals surface area contributed by atoms with Crippen LogP contribution in [0.4, 0.5) is 0 Å². The average molecular weight is 554 g/mol. The van der Waals surface area contributed by atoms with Gasteiger partial charge in [-0.2, -0.15) is 0 Å². The number of hydroxylamine groups is 2. The van der Waals surface area contributed by atoms with Crippen molar-refractivity contribution in [2.75, 3.05) is 41.5 Å². The third kappa shape index (κ3) is 7.18. The van der Waals surface area contributed by atoms with Gasteiger partial charge in [0, 0.05) is 38.9 Å². The zero-order chi connectivity index (χ0) is 29.4. The molecule has 2 saturated heterocycles. The second kappa shape index (κ2) is 13.9. The van der Waals surface area contributed by atoms with Crippen LogP contribution in [0.1, 0.15) is 49.9 Å². The molecule has 2 aliphatic heterocycles. The number of hydrogen-bond donors (Lipinski definition) is 0.